The van der Waals surface area contributed by atoms with Crippen LogP contribution in [0.1, 0.15) is 101 Å². The standard InChI is InChI=1S/C38H49Si.Ti/c1-24(2)35-21-30(29-19-31(37(7,8)9)23-32(20-29)38(10,11)12)22-36(35)39(33-15-25(3)13-26(4)16-33)34-17-27(5)14-28(6)18-34;/h13-20,23-24,39H,22H2,1-12H3;. The average molecular weight is 582 g/mol. The molecule has 1 aliphatic rings. The molecule has 0 saturated heterocycles. The second-order valence-electron chi connectivity index (χ2n) is 14.7. The van der Waals surface area contributed by atoms with E-state index in [0.29, 0.717) is 5.92 Å². The zero-order valence-electron chi connectivity index (χ0n) is 27.1. The second-order valence-corrected chi connectivity index (χ2v) is 18.4. The third kappa shape index (κ3) is 6.59. The molecule has 3 aromatic carbocycles. The number of benzene rings is 3. The summed E-state index contributed by atoms with van der Waals surface area (Å²) < 4.78 is 1.52. The predicted octanol–water partition coefficient (Wildman–Crippen LogP) is 8.71. The Kier molecular flexibility index (Phi) is 8.83. The van der Waals surface area contributed by atoms with Crippen LogP contribution in [0.3, 0.4) is 0 Å². The van der Waals surface area contributed by atoms with Gasteiger partial charge in [0.15, 0.2) is 0 Å². The average Bonchev–Trinajstić information content (AvgIpc) is 3.13. The molecule has 0 fully saturated rings. The number of hydrogen-bond donors (Lipinski definition) is 0. The summed E-state index contributed by atoms with van der Waals surface area (Å²) in [6.07, 6.45) is 1.06. The SMILES string of the molecule is Cc1cc(C)cc([SiH](C2=C(C(C)C)[C]([Ti])=C(c3cc(C(C)(C)C)cc(C(C)(C)C)c3)C2)c2cc(C)cc(C)c2)c1. The number of aryl methyl sites for hydroxylation is 4. The van der Waals surface area contributed by atoms with E-state index >= 15 is 0 Å². The summed E-state index contributed by atoms with van der Waals surface area (Å²) >= 11 is 2.41. The number of rotatable bonds is 5. The first-order valence-electron chi connectivity index (χ1n) is 15.0. The molecule has 0 nitrogen and oxygen atoms in total. The van der Waals surface area contributed by atoms with Gasteiger partial charge in [0.25, 0.3) is 0 Å². The topological polar surface area (TPSA) is 0 Å². The van der Waals surface area contributed by atoms with Gasteiger partial charge >= 0.3 is 260 Å². The van der Waals surface area contributed by atoms with Crippen molar-refractivity contribution in [2.45, 2.75) is 100 Å². The first-order valence-corrected chi connectivity index (χ1v) is 17.5. The van der Waals surface area contributed by atoms with Crippen LogP contribution in [0.5, 0.6) is 0 Å². The maximum absolute atomic E-state index is 2.50. The van der Waals surface area contributed by atoms with Crippen molar-refractivity contribution < 1.29 is 20.4 Å². The minimum absolute atomic E-state index is 0.107. The summed E-state index contributed by atoms with van der Waals surface area (Å²) in [6, 6.07) is 22.0. The van der Waals surface area contributed by atoms with Crippen molar-refractivity contribution in [1.29, 1.82) is 0 Å². The number of hydrogen-bond acceptors (Lipinski definition) is 0. The molecule has 0 amide bonds. The summed E-state index contributed by atoms with van der Waals surface area (Å²) in [5.41, 5.74) is 13.2. The molecule has 0 atom stereocenters. The van der Waals surface area contributed by atoms with E-state index in [1.165, 1.54) is 42.8 Å². The monoisotopic (exact) mass is 581 g/mol. The quantitative estimate of drug-likeness (QED) is 0.265. The maximum atomic E-state index is 2.50. The Morgan fingerprint density at radius 3 is 1.38 bits per heavy atom. The van der Waals surface area contributed by atoms with Crippen LogP contribution in [-0.2, 0) is 31.3 Å². The van der Waals surface area contributed by atoms with Crippen molar-refractivity contribution in [2.24, 2.45) is 5.92 Å². The molecule has 0 heterocycles. The van der Waals surface area contributed by atoms with Gasteiger partial charge in [-0.15, -0.1) is 0 Å². The first-order chi connectivity index (χ1) is 18.5. The molecule has 3 aromatic rings. The molecule has 0 unspecified atom stereocenters. The van der Waals surface area contributed by atoms with Crippen molar-refractivity contribution in [2.75, 3.05) is 0 Å². The summed E-state index contributed by atoms with van der Waals surface area (Å²) in [7, 11) is -1.68. The Morgan fingerprint density at radius 2 is 1.02 bits per heavy atom. The van der Waals surface area contributed by atoms with Crippen molar-refractivity contribution in [3.8, 4) is 0 Å². The molecule has 209 valence electrons. The fraction of sp³-hybridized carbons (Fsp3) is 0.421. The fourth-order valence-electron chi connectivity index (χ4n) is 6.48. The van der Waals surface area contributed by atoms with Crippen LogP contribution in [0.2, 0.25) is 0 Å². The van der Waals surface area contributed by atoms with Gasteiger partial charge in [0.05, 0.1) is 0 Å². The molecule has 40 heavy (non-hydrogen) atoms. The van der Waals surface area contributed by atoms with E-state index in [1.54, 1.807) is 26.7 Å². The van der Waals surface area contributed by atoms with Gasteiger partial charge in [0, 0.05) is 0 Å². The van der Waals surface area contributed by atoms with Crippen LogP contribution < -0.4 is 10.4 Å². The van der Waals surface area contributed by atoms with Gasteiger partial charge in [-0.05, 0) is 0 Å². The molecule has 0 radical (unpaired) electrons. The van der Waals surface area contributed by atoms with Gasteiger partial charge in [0.2, 0.25) is 0 Å². The summed E-state index contributed by atoms with van der Waals surface area (Å²) in [5, 5.41) is 4.84. The minimum atomic E-state index is -1.68. The summed E-state index contributed by atoms with van der Waals surface area (Å²) in [5.74, 6) is 0.493. The normalized spacial score (nSPS) is 14.7. The van der Waals surface area contributed by atoms with Gasteiger partial charge < -0.3 is 0 Å². The van der Waals surface area contributed by atoms with Gasteiger partial charge in [-0.25, -0.2) is 0 Å². The van der Waals surface area contributed by atoms with Crippen LogP contribution in [-0.4, -0.2) is 8.80 Å². The molecule has 0 spiro atoms. The Labute approximate surface area is 258 Å². The predicted molar refractivity (Wildman–Crippen MR) is 175 cm³/mol. The van der Waals surface area contributed by atoms with Crippen molar-refractivity contribution in [1.82, 2.24) is 0 Å². The molecule has 2 heteroatoms. The third-order valence-electron chi connectivity index (χ3n) is 8.38. The van der Waals surface area contributed by atoms with E-state index in [2.05, 4.69) is 158 Å². The van der Waals surface area contributed by atoms with Gasteiger partial charge in [-0.3, -0.25) is 0 Å². The van der Waals surface area contributed by atoms with Crippen LogP contribution in [0.25, 0.3) is 5.57 Å². The zero-order valence-corrected chi connectivity index (χ0v) is 29.8. The Bertz CT molecular complexity index is 1380. The zero-order chi connectivity index (χ0) is 29.7. The van der Waals surface area contributed by atoms with E-state index in [1.807, 2.05) is 0 Å². The molecular formula is C38H49SiTi. The Balaban J connectivity index is 1.96. The Morgan fingerprint density at radius 1 is 0.625 bits per heavy atom. The number of allylic oxidation sites excluding steroid dienone is 4. The molecule has 0 aromatic heterocycles. The Hall–Kier alpha value is -1.93. The van der Waals surface area contributed by atoms with Gasteiger partial charge in [-0.2, -0.15) is 0 Å². The van der Waals surface area contributed by atoms with E-state index < -0.39 is 8.80 Å². The second kappa shape index (κ2) is 11.4. The fourth-order valence-corrected chi connectivity index (χ4v) is 11.9. The van der Waals surface area contributed by atoms with E-state index in [-0.39, 0.29) is 10.8 Å². The van der Waals surface area contributed by atoms with E-state index in [4.69, 9.17) is 0 Å². The molecule has 0 saturated carbocycles. The van der Waals surface area contributed by atoms with Crippen LogP contribution in [0.4, 0.5) is 0 Å². The molecule has 0 N–H and O–H groups in total. The van der Waals surface area contributed by atoms with Crippen LogP contribution in [0.15, 0.2) is 69.2 Å². The molecule has 4 rings (SSSR count). The van der Waals surface area contributed by atoms with Gasteiger partial charge in [-0.1, -0.05) is 0 Å². The molecule has 0 bridgehead atoms. The van der Waals surface area contributed by atoms with Crippen molar-refractivity contribution >= 4 is 24.7 Å². The molecule has 0 aliphatic heterocycles. The van der Waals surface area contributed by atoms with E-state index in [9.17, 15) is 0 Å². The van der Waals surface area contributed by atoms with Crippen molar-refractivity contribution in [3.63, 3.8) is 0 Å². The summed E-state index contributed by atoms with van der Waals surface area (Å²) in [4.78, 5) is 0. The van der Waals surface area contributed by atoms with Gasteiger partial charge in [0.1, 0.15) is 0 Å². The summed E-state index contributed by atoms with van der Waals surface area (Å²) in [6.45, 7) is 27.9. The third-order valence-corrected chi connectivity index (χ3v) is 12.5. The molecule has 1 aliphatic carbocycles. The van der Waals surface area contributed by atoms with Crippen LogP contribution in [0, 0.1) is 33.6 Å². The first kappa shape index (κ1) is 31.0. The van der Waals surface area contributed by atoms with E-state index in [0.717, 1.165) is 6.42 Å². The van der Waals surface area contributed by atoms with Crippen molar-refractivity contribution in [3.05, 3.63) is 108 Å². The van der Waals surface area contributed by atoms with Crippen LogP contribution >= 0.6 is 0 Å². The molecular weight excluding hydrogens is 532 g/mol.